The van der Waals surface area contributed by atoms with Crippen molar-refractivity contribution >= 4 is 29.3 Å². The molecule has 0 radical (unpaired) electrons. The van der Waals surface area contributed by atoms with Gasteiger partial charge in [-0.3, -0.25) is 25.2 Å². The lowest BCUT2D eigenvalue weighted by molar-refractivity contribution is -0.133. The van der Waals surface area contributed by atoms with E-state index in [0.717, 1.165) is 57.4 Å². The minimum Gasteiger partial charge on any atom is -0.443 e. The van der Waals surface area contributed by atoms with Gasteiger partial charge in [0.05, 0.1) is 0 Å². The van der Waals surface area contributed by atoms with Gasteiger partial charge in [0, 0.05) is 57.1 Å². The highest BCUT2D eigenvalue weighted by Gasteiger charge is 2.55. The van der Waals surface area contributed by atoms with Gasteiger partial charge in [-0.2, -0.15) is 0 Å². The van der Waals surface area contributed by atoms with E-state index in [1.54, 1.807) is 0 Å². The average molecular weight is 513 g/mol. The summed E-state index contributed by atoms with van der Waals surface area (Å²) in [5.41, 5.74) is 4.51. The molecule has 2 unspecified atom stereocenters. The van der Waals surface area contributed by atoms with Crippen molar-refractivity contribution in [2.45, 2.75) is 51.7 Å². The zero-order valence-corrected chi connectivity index (χ0v) is 22.2. The molecule has 3 aliphatic heterocycles. The van der Waals surface area contributed by atoms with Crippen molar-refractivity contribution in [3.63, 3.8) is 0 Å². The smallest absolute Gasteiger partial charge is 0.422 e. The van der Waals surface area contributed by atoms with Gasteiger partial charge in [-0.25, -0.2) is 9.80 Å². The normalized spacial score (nSPS) is 28.5. The number of ether oxygens (including phenoxy) is 1. The van der Waals surface area contributed by atoms with E-state index in [2.05, 4.69) is 38.0 Å². The number of anilines is 2. The van der Waals surface area contributed by atoms with Gasteiger partial charge in [-0.1, -0.05) is 0 Å². The van der Waals surface area contributed by atoms with Crippen LogP contribution in [0, 0.1) is 17.8 Å². The highest BCUT2D eigenvalue weighted by atomic mass is 16.6. The summed E-state index contributed by atoms with van der Waals surface area (Å²) in [6.07, 6.45) is 1.77. The number of hydrazine groups is 1. The molecule has 0 spiro atoms. The molecule has 1 aromatic carbocycles. The molecule has 1 aromatic rings. The van der Waals surface area contributed by atoms with Crippen molar-refractivity contribution in [3.8, 4) is 0 Å². The minimum absolute atomic E-state index is 0.197. The van der Waals surface area contributed by atoms with Gasteiger partial charge in [0.2, 0.25) is 11.8 Å². The lowest BCUT2D eigenvalue weighted by Gasteiger charge is -2.36. The van der Waals surface area contributed by atoms with Crippen LogP contribution in [0.15, 0.2) is 24.3 Å². The Morgan fingerprint density at radius 3 is 2.35 bits per heavy atom. The van der Waals surface area contributed by atoms with Crippen LogP contribution in [0.25, 0.3) is 0 Å². The van der Waals surface area contributed by atoms with Crippen molar-refractivity contribution < 1.29 is 19.1 Å². The Labute approximate surface area is 219 Å². The summed E-state index contributed by atoms with van der Waals surface area (Å²) in [6, 6.07) is 7.87. The molecule has 3 heterocycles. The highest BCUT2D eigenvalue weighted by Crippen LogP contribution is 2.53. The zero-order valence-electron chi connectivity index (χ0n) is 22.2. The quantitative estimate of drug-likeness (QED) is 0.477. The van der Waals surface area contributed by atoms with Crippen LogP contribution in [0.1, 0.15) is 40.0 Å². The van der Waals surface area contributed by atoms with E-state index in [4.69, 9.17) is 4.74 Å². The van der Waals surface area contributed by atoms with Gasteiger partial charge >= 0.3 is 6.09 Å². The molecular formula is C27H40N6O4. The summed E-state index contributed by atoms with van der Waals surface area (Å²) in [6.45, 7) is 12.8. The molecule has 4 fully saturated rings. The summed E-state index contributed by atoms with van der Waals surface area (Å²) in [7, 11) is 0. The number of hydrogen-bond donors (Lipinski definition) is 3. The number of carbonyl (C=O) groups is 3. The summed E-state index contributed by atoms with van der Waals surface area (Å²) in [5.74, 6) is 1.73. The molecule has 10 heteroatoms. The van der Waals surface area contributed by atoms with Crippen molar-refractivity contribution in [1.29, 1.82) is 0 Å². The van der Waals surface area contributed by atoms with Crippen LogP contribution in [0.5, 0.6) is 0 Å². The second kappa shape index (κ2) is 10.5. The molecule has 0 bridgehead atoms. The first kappa shape index (κ1) is 25.8. The molecular weight excluding hydrogens is 472 g/mol. The summed E-state index contributed by atoms with van der Waals surface area (Å²) in [5, 5.41) is 7.65. The number of piperazine rings is 1. The van der Waals surface area contributed by atoms with Crippen molar-refractivity contribution in [2.75, 3.05) is 56.0 Å². The van der Waals surface area contributed by atoms with Crippen molar-refractivity contribution in [1.82, 2.24) is 20.7 Å². The minimum atomic E-state index is -0.475. The number of benzene rings is 1. The molecule has 1 saturated carbocycles. The molecule has 5 rings (SSSR count). The SMILES string of the molecule is CC(C)(C)OC(=O)NN1C[C@@H]2C(CCN3CCN(c4ccc(NC5CCC(=O)NC5=O)cc4)CC3)[C@@H]2C1. The van der Waals surface area contributed by atoms with Crippen LogP contribution in [0.2, 0.25) is 0 Å². The van der Waals surface area contributed by atoms with Gasteiger partial charge in [0.1, 0.15) is 11.6 Å². The fourth-order valence-electron chi connectivity index (χ4n) is 5.96. The Bertz CT molecular complexity index is 989. The number of carbonyl (C=O) groups excluding carboxylic acids is 3. The standard InChI is InChI=1S/C27H40N6O4/c1-27(2,3)37-26(36)30-33-16-21-20(22(21)17-33)10-11-31-12-14-32(15-13-31)19-6-4-18(5-7-19)28-23-8-9-24(34)29-25(23)35/h4-7,20-23,28H,8-17H2,1-3H3,(H,30,36)(H,29,34,35)/t20?,21-,22+,23?. The lowest BCUT2D eigenvalue weighted by atomic mass is 10.1. The molecule has 0 aromatic heterocycles. The van der Waals surface area contributed by atoms with E-state index in [9.17, 15) is 14.4 Å². The van der Waals surface area contributed by atoms with E-state index in [0.29, 0.717) is 24.7 Å². The maximum Gasteiger partial charge on any atom is 0.422 e. The van der Waals surface area contributed by atoms with E-state index in [1.807, 2.05) is 37.9 Å². The van der Waals surface area contributed by atoms with Gasteiger partial charge in [0.15, 0.2) is 0 Å². The first-order valence-corrected chi connectivity index (χ1v) is 13.6. The predicted octanol–water partition coefficient (Wildman–Crippen LogP) is 2.03. The van der Waals surface area contributed by atoms with Gasteiger partial charge < -0.3 is 15.0 Å². The van der Waals surface area contributed by atoms with Crippen molar-refractivity contribution in [3.05, 3.63) is 24.3 Å². The number of nitrogens with zero attached hydrogens (tertiary/aromatic N) is 3. The molecule has 3 N–H and O–H groups in total. The number of amides is 3. The Hall–Kier alpha value is -2.85. The Kier molecular flexibility index (Phi) is 7.31. The van der Waals surface area contributed by atoms with E-state index in [-0.39, 0.29) is 23.9 Å². The molecule has 4 aliphatic rings. The first-order valence-electron chi connectivity index (χ1n) is 13.6. The van der Waals surface area contributed by atoms with Crippen LogP contribution in [-0.4, -0.2) is 85.3 Å². The molecule has 202 valence electrons. The Morgan fingerprint density at radius 1 is 1.05 bits per heavy atom. The molecule has 1 aliphatic carbocycles. The third-order valence-corrected chi connectivity index (χ3v) is 7.98. The lowest BCUT2D eigenvalue weighted by Crippen LogP contribution is -2.47. The summed E-state index contributed by atoms with van der Waals surface area (Å²) in [4.78, 5) is 40.3. The molecule has 4 atom stereocenters. The van der Waals surface area contributed by atoms with E-state index >= 15 is 0 Å². The largest absolute Gasteiger partial charge is 0.443 e. The van der Waals surface area contributed by atoms with Crippen LogP contribution >= 0.6 is 0 Å². The average Bonchev–Trinajstić information content (AvgIpc) is 3.29. The van der Waals surface area contributed by atoms with Crippen LogP contribution in [0.3, 0.4) is 0 Å². The molecule has 10 nitrogen and oxygen atoms in total. The number of fused-ring (bicyclic) bond motifs is 1. The topological polar surface area (TPSA) is 106 Å². The number of nitrogens with one attached hydrogen (secondary N) is 3. The summed E-state index contributed by atoms with van der Waals surface area (Å²) < 4.78 is 5.36. The monoisotopic (exact) mass is 512 g/mol. The fraction of sp³-hybridized carbons (Fsp3) is 0.667. The maximum absolute atomic E-state index is 12.0. The van der Waals surface area contributed by atoms with Gasteiger partial charge in [-0.05, 0) is 82.2 Å². The highest BCUT2D eigenvalue weighted by molar-refractivity contribution is 6.01. The zero-order chi connectivity index (χ0) is 26.2. The Balaban J connectivity index is 0.985. The number of imide groups is 1. The number of rotatable bonds is 7. The molecule has 3 saturated heterocycles. The molecule has 37 heavy (non-hydrogen) atoms. The molecule has 3 amide bonds. The predicted molar refractivity (Wildman–Crippen MR) is 141 cm³/mol. The van der Waals surface area contributed by atoms with Crippen LogP contribution in [-0.2, 0) is 14.3 Å². The maximum atomic E-state index is 12.0. The van der Waals surface area contributed by atoms with Crippen molar-refractivity contribution in [2.24, 2.45) is 17.8 Å². The second-order valence-corrected chi connectivity index (χ2v) is 11.8. The van der Waals surface area contributed by atoms with Gasteiger partial charge in [0.25, 0.3) is 0 Å². The fourth-order valence-corrected chi connectivity index (χ4v) is 5.96. The number of piperidine rings is 2. The Morgan fingerprint density at radius 2 is 1.73 bits per heavy atom. The van der Waals surface area contributed by atoms with Crippen LogP contribution in [0.4, 0.5) is 16.2 Å². The summed E-state index contributed by atoms with van der Waals surface area (Å²) >= 11 is 0. The van der Waals surface area contributed by atoms with Crippen LogP contribution < -0.4 is 21.0 Å². The van der Waals surface area contributed by atoms with E-state index < -0.39 is 5.60 Å². The van der Waals surface area contributed by atoms with E-state index in [1.165, 1.54) is 12.1 Å². The number of hydrogen-bond acceptors (Lipinski definition) is 8. The van der Waals surface area contributed by atoms with Gasteiger partial charge in [-0.15, -0.1) is 0 Å². The third-order valence-electron chi connectivity index (χ3n) is 7.98. The first-order chi connectivity index (χ1) is 17.6. The third kappa shape index (κ3) is 6.54. The second-order valence-electron chi connectivity index (χ2n) is 11.8.